The SMILES string of the molecule is CC(=O)NCCN1CCc2cc(NC(=O)c3ccccc3-c3ccc(C(F)(F)F)cc3)ccc2C1. The molecule has 0 aliphatic carbocycles. The number of rotatable bonds is 6. The smallest absolute Gasteiger partial charge is 0.355 e. The van der Waals surface area contributed by atoms with E-state index in [0.717, 1.165) is 43.8 Å². The van der Waals surface area contributed by atoms with Crippen LogP contribution < -0.4 is 10.6 Å². The van der Waals surface area contributed by atoms with E-state index in [4.69, 9.17) is 0 Å². The van der Waals surface area contributed by atoms with E-state index >= 15 is 0 Å². The number of fused-ring (bicyclic) bond motifs is 1. The second-order valence-electron chi connectivity index (χ2n) is 8.57. The van der Waals surface area contributed by atoms with Gasteiger partial charge in [0.1, 0.15) is 0 Å². The molecule has 0 atom stereocenters. The molecule has 1 heterocycles. The van der Waals surface area contributed by atoms with Crippen LogP contribution in [0.2, 0.25) is 0 Å². The third kappa shape index (κ3) is 6.08. The molecule has 0 radical (unpaired) electrons. The number of hydrogen-bond donors (Lipinski definition) is 2. The van der Waals surface area contributed by atoms with Crippen LogP contribution in [-0.4, -0.2) is 36.3 Å². The minimum Gasteiger partial charge on any atom is -0.355 e. The van der Waals surface area contributed by atoms with Crippen molar-refractivity contribution in [1.29, 1.82) is 0 Å². The molecule has 0 aromatic heterocycles. The van der Waals surface area contributed by atoms with Crippen LogP contribution in [0.4, 0.5) is 18.9 Å². The molecule has 8 heteroatoms. The molecular formula is C27H26F3N3O2. The van der Waals surface area contributed by atoms with Crippen LogP contribution in [0.1, 0.15) is 34.0 Å². The second kappa shape index (κ2) is 10.3. The molecule has 1 aliphatic heterocycles. The van der Waals surface area contributed by atoms with Gasteiger partial charge in [0.05, 0.1) is 5.56 Å². The Bertz CT molecular complexity index is 1220. The Kier molecular flexibility index (Phi) is 7.21. The summed E-state index contributed by atoms with van der Waals surface area (Å²) in [7, 11) is 0. The van der Waals surface area contributed by atoms with Crippen molar-refractivity contribution in [2.75, 3.05) is 25.0 Å². The molecule has 3 aromatic rings. The monoisotopic (exact) mass is 481 g/mol. The Morgan fingerprint density at radius 2 is 1.71 bits per heavy atom. The normalized spacial score (nSPS) is 13.7. The van der Waals surface area contributed by atoms with Gasteiger partial charge in [0, 0.05) is 44.4 Å². The maximum absolute atomic E-state index is 13.1. The molecule has 0 saturated heterocycles. The van der Waals surface area contributed by atoms with Gasteiger partial charge < -0.3 is 10.6 Å². The number of carbonyl (C=O) groups excluding carboxylic acids is 2. The fourth-order valence-electron chi connectivity index (χ4n) is 4.24. The Morgan fingerprint density at radius 1 is 0.971 bits per heavy atom. The Labute approximate surface area is 202 Å². The number of nitrogens with one attached hydrogen (secondary N) is 2. The lowest BCUT2D eigenvalue weighted by atomic mass is 9.97. The maximum atomic E-state index is 13.1. The molecule has 1 aliphatic rings. The van der Waals surface area contributed by atoms with Crippen molar-refractivity contribution in [3.05, 3.63) is 89.0 Å². The third-order valence-electron chi connectivity index (χ3n) is 6.05. The number of halogens is 3. The Balaban J connectivity index is 1.46. The summed E-state index contributed by atoms with van der Waals surface area (Å²) in [4.78, 5) is 26.4. The first-order chi connectivity index (χ1) is 16.7. The van der Waals surface area contributed by atoms with Gasteiger partial charge in [-0.3, -0.25) is 14.5 Å². The number of amides is 2. The molecule has 4 rings (SSSR count). The van der Waals surface area contributed by atoms with Crippen molar-refractivity contribution in [3.63, 3.8) is 0 Å². The van der Waals surface area contributed by atoms with E-state index in [9.17, 15) is 22.8 Å². The summed E-state index contributed by atoms with van der Waals surface area (Å²) >= 11 is 0. The fourth-order valence-corrected chi connectivity index (χ4v) is 4.24. The summed E-state index contributed by atoms with van der Waals surface area (Å²) in [6, 6.07) is 17.5. The minimum absolute atomic E-state index is 0.0392. The molecule has 0 fully saturated rings. The van der Waals surface area contributed by atoms with E-state index in [1.807, 2.05) is 18.2 Å². The van der Waals surface area contributed by atoms with Gasteiger partial charge in [-0.15, -0.1) is 0 Å². The molecule has 2 amide bonds. The van der Waals surface area contributed by atoms with Crippen LogP contribution in [0.5, 0.6) is 0 Å². The summed E-state index contributed by atoms with van der Waals surface area (Å²) in [5.74, 6) is -0.365. The molecule has 0 spiro atoms. The summed E-state index contributed by atoms with van der Waals surface area (Å²) in [6.07, 6.45) is -3.58. The fraction of sp³-hybridized carbons (Fsp3) is 0.259. The number of benzene rings is 3. The van der Waals surface area contributed by atoms with Crippen molar-refractivity contribution in [1.82, 2.24) is 10.2 Å². The highest BCUT2D eigenvalue weighted by Gasteiger charge is 2.30. The lowest BCUT2D eigenvalue weighted by molar-refractivity contribution is -0.137. The van der Waals surface area contributed by atoms with Gasteiger partial charge in [-0.25, -0.2) is 0 Å². The summed E-state index contributed by atoms with van der Waals surface area (Å²) in [5.41, 5.74) is 3.76. The zero-order valence-electron chi connectivity index (χ0n) is 19.3. The molecule has 3 aromatic carbocycles. The highest BCUT2D eigenvalue weighted by molar-refractivity contribution is 6.08. The van der Waals surface area contributed by atoms with Gasteiger partial charge in [-0.2, -0.15) is 13.2 Å². The van der Waals surface area contributed by atoms with Crippen molar-refractivity contribution < 1.29 is 22.8 Å². The van der Waals surface area contributed by atoms with E-state index in [1.54, 1.807) is 24.3 Å². The predicted octanol–water partition coefficient (Wildman–Crippen LogP) is 5.12. The first kappa shape index (κ1) is 24.5. The Hall–Kier alpha value is -3.65. The van der Waals surface area contributed by atoms with Crippen LogP contribution >= 0.6 is 0 Å². The molecule has 0 saturated carbocycles. The zero-order valence-corrected chi connectivity index (χ0v) is 19.3. The van der Waals surface area contributed by atoms with Crippen molar-refractivity contribution in [2.24, 2.45) is 0 Å². The molecule has 5 nitrogen and oxygen atoms in total. The van der Waals surface area contributed by atoms with Gasteiger partial charge in [0.15, 0.2) is 0 Å². The number of carbonyl (C=O) groups is 2. The highest BCUT2D eigenvalue weighted by atomic mass is 19.4. The van der Waals surface area contributed by atoms with Crippen LogP contribution in [0.15, 0.2) is 66.7 Å². The number of hydrogen-bond acceptors (Lipinski definition) is 3. The highest BCUT2D eigenvalue weighted by Crippen LogP contribution is 2.32. The first-order valence-corrected chi connectivity index (χ1v) is 11.4. The number of anilines is 1. The summed E-state index contributed by atoms with van der Waals surface area (Å²) in [5, 5.41) is 5.74. The van der Waals surface area contributed by atoms with Gasteiger partial charge in [-0.1, -0.05) is 36.4 Å². The van der Waals surface area contributed by atoms with E-state index < -0.39 is 11.7 Å². The van der Waals surface area contributed by atoms with Crippen LogP contribution in [0.3, 0.4) is 0 Å². The van der Waals surface area contributed by atoms with Gasteiger partial charge in [0.2, 0.25) is 5.91 Å². The maximum Gasteiger partial charge on any atom is 0.416 e. The predicted molar refractivity (Wildman–Crippen MR) is 129 cm³/mol. The second-order valence-corrected chi connectivity index (χ2v) is 8.57. The zero-order chi connectivity index (χ0) is 25.0. The standard InChI is InChI=1S/C27H26F3N3O2/c1-18(34)31-13-15-33-14-12-20-16-23(11-8-21(20)17-33)32-26(35)25-5-3-2-4-24(25)19-6-9-22(10-7-19)27(28,29)30/h2-11,16H,12-15,17H2,1H3,(H,31,34)(H,32,35). The minimum atomic E-state index is -4.41. The van der Waals surface area contributed by atoms with Crippen molar-refractivity contribution in [2.45, 2.75) is 26.1 Å². The van der Waals surface area contributed by atoms with E-state index in [-0.39, 0.29) is 11.8 Å². The van der Waals surface area contributed by atoms with Gasteiger partial charge in [0.25, 0.3) is 5.91 Å². The quantitative estimate of drug-likeness (QED) is 0.514. The Morgan fingerprint density at radius 3 is 2.43 bits per heavy atom. The van der Waals surface area contributed by atoms with Crippen LogP contribution in [0.25, 0.3) is 11.1 Å². The first-order valence-electron chi connectivity index (χ1n) is 11.4. The molecule has 35 heavy (non-hydrogen) atoms. The summed E-state index contributed by atoms with van der Waals surface area (Å²) in [6.45, 7) is 4.53. The van der Waals surface area contributed by atoms with E-state index in [1.165, 1.54) is 24.6 Å². The number of alkyl halides is 3. The lowest BCUT2D eigenvalue weighted by Gasteiger charge is -2.29. The van der Waals surface area contributed by atoms with Crippen molar-refractivity contribution >= 4 is 17.5 Å². The third-order valence-corrected chi connectivity index (χ3v) is 6.05. The van der Waals surface area contributed by atoms with Crippen LogP contribution in [0, 0.1) is 0 Å². The van der Waals surface area contributed by atoms with Gasteiger partial charge in [-0.05, 0) is 59.0 Å². The molecule has 0 unspecified atom stereocenters. The van der Waals surface area contributed by atoms with E-state index in [0.29, 0.717) is 28.9 Å². The molecule has 2 N–H and O–H groups in total. The average Bonchev–Trinajstić information content (AvgIpc) is 2.83. The van der Waals surface area contributed by atoms with Crippen LogP contribution in [-0.2, 0) is 23.9 Å². The largest absolute Gasteiger partial charge is 0.416 e. The molecule has 0 bridgehead atoms. The average molecular weight is 482 g/mol. The topological polar surface area (TPSA) is 61.4 Å². The van der Waals surface area contributed by atoms with Gasteiger partial charge >= 0.3 is 6.18 Å². The van der Waals surface area contributed by atoms with E-state index in [2.05, 4.69) is 15.5 Å². The summed E-state index contributed by atoms with van der Waals surface area (Å²) < 4.78 is 38.7. The molecule has 182 valence electrons. The van der Waals surface area contributed by atoms with Crippen molar-refractivity contribution in [3.8, 4) is 11.1 Å². The lowest BCUT2D eigenvalue weighted by Crippen LogP contribution is -2.37. The number of nitrogens with zero attached hydrogens (tertiary/aromatic N) is 1. The molecular weight excluding hydrogens is 455 g/mol.